The number of amides is 2. The standard InChI is InChI=1S/C15H13FN2O4S/c1-23(21,22)11-8-6-10(7-9-11)14(19)17-18-15(20)12-4-2-3-5-13(12)16/h2-9H,1H3,(H,17,19)(H,18,20). The highest BCUT2D eigenvalue weighted by molar-refractivity contribution is 7.90. The number of hydrogen-bond donors (Lipinski definition) is 2. The molecular weight excluding hydrogens is 323 g/mol. The number of hydrazine groups is 1. The monoisotopic (exact) mass is 336 g/mol. The zero-order valence-electron chi connectivity index (χ0n) is 12.0. The number of rotatable bonds is 3. The summed E-state index contributed by atoms with van der Waals surface area (Å²) in [7, 11) is -3.35. The third-order valence-corrected chi connectivity index (χ3v) is 4.08. The number of nitrogens with one attached hydrogen (secondary N) is 2. The van der Waals surface area contributed by atoms with Crippen molar-refractivity contribution in [3.05, 3.63) is 65.5 Å². The Morgan fingerprint density at radius 3 is 2.04 bits per heavy atom. The third-order valence-electron chi connectivity index (χ3n) is 2.95. The number of hydrogen-bond acceptors (Lipinski definition) is 4. The number of sulfone groups is 1. The fraction of sp³-hybridized carbons (Fsp3) is 0.0667. The molecule has 0 atom stereocenters. The van der Waals surface area contributed by atoms with Gasteiger partial charge in [-0.25, -0.2) is 12.8 Å². The van der Waals surface area contributed by atoms with Crippen LogP contribution >= 0.6 is 0 Å². The molecule has 8 heteroatoms. The average Bonchev–Trinajstić information content (AvgIpc) is 2.52. The van der Waals surface area contributed by atoms with Gasteiger partial charge >= 0.3 is 0 Å². The third kappa shape index (κ3) is 4.13. The van der Waals surface area contributed by atoms with Crippen molar-refractivity contribution in [1.29, 1.82) is 0 Å². The van der Waals surface area contributed by atoms with Gasteiger partial charge in [0, 0.05) is 11.8 Å². The van der Waals surface area contributed by atoms with E-state index in [9.17, 15) is 22.4 Å². The molecule has 0 heterocycles. The van der Waals surface area contributed by atoms with E-state index in [1.54, 1.807) is 0 Å². The summed E-state index contributed by atoms with van der Waals surface area (Å²) >= 11 is 0. The molecule has 0 aliphatic carbocycles. The molecule has 23 heavy (non-hydrogen) atoms. The van der Waals surface area contributed by atoms with E-state index in [-0.39, 0.29) is 16.0 Å². The Labute approximate surface area is 132 Å². The van der Waals surface area contributed by atoms with E-state index in [0.29, 0.717) is 0 Å². The molecule has 2 amide bonds. The van der Waals surface area contributed by atoms with Crippen molar-refractivity contribution in [1.82, 2.24) is 10.9 Å². The van der Waals surface area contributed by atoms with Gasteiger partial charge in [-0.05, 0) is 36.4 Å². The van der Waals surface area contributed by atoms with Crippen LogP contribution in [0.3, 0.4) is 0 Å². The highest BCUT2D eigenvalue weighted by Crippen LogP contribution is 2.10. The van der Waals surface area contributed by atoms with Gasteiger partial charge in [-0.2, -0.15) is 0 Å². The Balaban J connectivity index is 2.03. The van der Waals surface area contributed by atoms with Crippen LogP contribution in [0.25, 0.3) is 0 Å². The molecule has 120 valence electrons. The molecule has 2 aromatic carbocycles. The lowest BCUT2D eigenvalue weighted by atomic mass is 10.2. The van der Waals surface area contributed by atoms with Gasteiger partial charge in [0.1, 0.15) is 5.82 Å². The van der Waals surface area contributed by atoms with Crippen LogP contribution < -0.4 is 10.9 Å². The lowest BCUT2D eigenvalue weighted by Crippen LogP contribution is -2.41. The van der Waals surface area contributed by atoms with E-state index >= 15 is 0 Å². The summed E-state index contributed by atoms with van der Waals surface area (Å²) in [4.78, 5) is 23.7. The minimum atomic E-state index is -3.35. The Morgan fingerprint density at radius 2 is 1.48 bits per heavy atom. The largest absolute Gasteiger partial charge is 0.272 e. The molecule has 2 rings (SSSR count). The van der Waals surface area contributed by atoms with E-state index in [1.807, 2.05) is 0 Å². The van der Waals surface area contributed by atoms with Crippen LogP contribution in [-0.2, 0) is 9.84 Å². The van der Waals surface area contributed by atoms with E-state index < -0.39 is 27.5 Å². The minimum Gasteiger partial charge on any atom is -0.267 e. The van der Waals surface area contributed by atoms with Crippen LogP contribution in [0.5, 0.6) is 0 Å². The van der Waals surface area contributed by atoms with Crippen molar-refractivity contribution in [2.24, 2.45) is 0 Å². The zero-order valence-corrected chi connectivity index (χ0v) is 12.9. The van der Waals surface area contributed by atoms with Gasteiger partial charge in [-0.15, -0.1) is 0 Å². The predicted octanol–water partition coefficient (Wildman–Crippen LogP) is 1.30. The fourth-order valence-electron chi connectivity index (χ4n) is 1.75. The second-order valence-electron chi connectivity index (χ2n) is 4.68. The van der Waals surface area contributed by atoms with E-state index in [4.69, 9.17) is 0 Å². The van der Waals surface area contributed by atoms with Gasteiger partial charge in [0.25, 0.3) is 11.8 Å². The number of carbonyl (C=O) groups excluding carboxylic acids is 2. The lowest BCUT2D eigenvalue weighted by molar-refractivity contribution is 0.0844. The quantitative estimate of drug-likeness (QED) is 0.827. The van der Waals surface area contributed by atoms with Crippen molar-refractivity contribution in [3.8, 4) is 0 Å². The van der Waals surface area contributed by atoms with E-state index in [0.717, 1.165) is 12.3 Å². The molecule has 0 saturated carbocycles. The van der Waals surface area contributed by atoms with Gasteiger partial charge in [-0.1, -0.05) is 12.1 Å². The zero-order chi connectivity index (χ0) is 17.0. The van der Waals surface area contributed by atoms with Crippen LogP contribution in [0.15, 0.2) is 53.4 Å². The Morgan fingerprint density at radius 1 is 0.913 bits per heavy atom. The van der Waals surface area contributed by atoms with Gasteiger partial charge in [0.15, 0.2) is 9.84 Å². The first-order chi connectivity index (χ1) is 10.8. The average molecular weight is 336 g/mol. The van der Waals surface area contributed by atoms with Crippen molar-refractivity contribution in [2.45, 2.75) is 4.90 Å². The molecular formula is C15H13FN2O4S. The summed E-state index contributed by atoms with van der Waals surface area (Å²) in [5.41, 5.74) is 4.15. The van der Waals surface area contributed by atoms with Crippen LogP contribution in [0.4, 0.5) is 4.39 Å². The topological polar surface area (TPSA) is 92.3 Å². The second-order valence-corrected chi connectivity index (χ2v) is 6.70. The van der Waals surface area contributed by atoms with Crippen LogP contribution in [0, 0.1) is 5.82 Å². The summed E-state index contributed by atoms with van der Waals surface area (Å²) in [5.74, 6) is -2.17. The van der Waals surface area contributed by atoms with Gasteiger partial charge < -0.3 is 0 Å². The van der Waals surface area contributed by atoms with Gasteiger partial charge in [0.05, 0.1) is 10.5 Å². The first kappa shape index (κ1) is 16.6. The molecule has 6 nitrogen and oxygen atoms in total. The van der Waals surface area contributed by atoms with Crippen molar-refractivity contribution < 1.29 is 22.4 Å². The SMILES string of the molecule is CS(=O)(=O)c1ccc(C(=O)NNC(=O)c2ccccc2F)cc1. The molecule has 0 fully saturated rings. The Bertz CT molecular complexity index is 848. The number of halogens is 1. The highest BCUT2D eigenvalue weighted by Gasteiger charge is 2.13. The first-order valence-electron chi connectivity index (χ1n) is 6.44. The molecule has 0 aromatic heterocycles. The fourth-order valence-corrected chi connectivity index (χ4v) is 2.38. The van der Waals surface area contributed by atoms with Gasteiger partial charge in [-0.3, -0.25) is 20.4 Å². The Hall–Kier alpha value is -2.74. The molecule has 0 aliphatic heterocycles. The summed E-state index contributed by atoms with van der Waals surface area (Å²) < 4.78 is 36.1. The maximum atomic E-state index is 13.4. The van der Waals surface area contributed by atoms with Crippen molar-refractivity contribution >= 4 is 21.7 Å². The van der Waals surface area contributed by atoms with Gasteiger partial charge in [0.2, 0.25) is 0 Å². The molecule has 2 N–H and O–H groups in total. The lowest BCUT2D eigenvalue weighted by Gasteiger charge is -2.08. The molecule has 0 aliphatic rings. The molecule has 0 bridgehead atoms. The second kappa shape index (κ2) is 6.57. The van der Waals surface area contributed by atoms with Crippen molar-refractivity contribution in [3.63, 3.8) is 0 Å². The molecule has 0 spiro atoms. The van der Waals surface area contributed by atoms with Crippen LogP contribution in [0.1, 0.15) is 20.7 Å². The summed E-state index contributed by atoms with van der Waals surface area (Å²) in [6, 6.07) is 10.5. The van der Waals surface area contributed by atoms with E-state index in [2.05, 4.69) is 10.9 Å². The van der Waals surface area contributed by atoms with Crippen LogP contribution in [-0.4, -0.2) is 26.5 Å². The Kier molecular flexibility index (Phi) is 4.75. The summed E-state index contributed by atoms with van der Waals surface area (Å²) in [6.07, 6.45) is 1.05. The van der Waals surface area contributed by atoms with E-state index in [1.165, 1.54) is 42.5 Å². The number of benzene rings is 2. The summed E-state index contributed by atoms with van der Waals surface area (Å²) in [6.45, 7) is 0. The summed E-state index contributed by atoms with van der Waals surface area (Å²) in [5, 5.41) is 0. The molecule has 0 unspecified atom stereocenters. The minimum absolute atomic E-state index is 0.0736. The molecule has 0 saturated heterocycles. The van der Waals surface area contributed by atoms with Crippen molar-refractivity contribution in [2.75, 3.05) is 6.26 Å². The number of carbonyl (C=O) groups is 2. The molecule has 0 radical (unpaired) electrons. The maximum absolute atomic E-state index is 13.4. The molecule has 2 aromatic rings. The maximum Gasteiger partial charge on any atom is 0.272 e. The normalized spacial score (nSPS) is 10.9. The first-order valence-corrected chi connectivity index (χ1v) is 8.33. The predicted molar refractivity (Wildman–Crippen MR) is 80.9 cm³/mol. The smallest absolute Gasteiger partial charge is 0.267 e. The van der Waals surface area contributed by atoms with Crippen LogP contribution in [0.2, 0.25) is 0 Å². The highest BCUT2D eigenvalue weighted by atomic mass is 32.2.